The fourth-order valence-corrected chi connectivity index (χ4v) is 2.92. The van der Waals surface area contributed by atoms with Crippen LogP contribution >= 0.6 is 0 Å². The number of azo groups is 1. The first-order valence-corrected chi connectivity index (χ1v) is 13.0. The highest BCUT2D eigenvalue weighted by atomic mass is 32.2. The van der Waals surface area contributed by atoms with Crippen molar-refractivity contribution in [3.05, 3.63) is 115 Å². The zero-order chi connectivity index (χ0) is 26.5. The molecule has 0 radical (unpaired) electrons. The lowest BCUT2D eigenvalue weighted by atomic mass is 10.2. The molecule has 4 aromatic rings. The quantitative estimate of drug-likeness (QED) is 0.115. The molecule has 0 saturated heterocycles. The number of rotatable bonds is 7. The number of benzene rings is 4. The van der Waals surface area contributed by atoms with Crippen LogP contribution < -0.4 is 15.8 Å². The van der Waals surface area contributed by atoms with Crippen LogP contribution in [0.4, 0.5) is 22.7 Å². The average Bonchev–Trinajstić information content (AvgIpc) is 2.87. The van der Waals surface area contributed by atoms with E-state index in [2.05, 4.69) is 20.5 Å². The van der Waals surface area contributed by atoms with Gasteiger partial charge in [-0.05, 0) is 54.1 Å². The summed E-state index contributed by atoms with van der Waals surface area (Å²) in [4.78, 5) is 4.41. The number of hydrogen-bond acceptors (Lipinski definition) is 6. The SMILES string of the molecule is CS(=O)(=O)O.NC(=Nc1ccc(N=Nc2ccccc2)cc1)Nc1cccc(OCc2ccccc2)c1. The van der Waals surface area contributed by atoms with Crippen molar-refractivity contribution in [1.29, 1.82) is 0 Å². The van der Waals surface area contributed by atoms with Crippen LogP contribution in [0.2, 0.25) is 0 Å². The van der Waals surface area contributed by atoms with Crippen molar-refractivity contribution < 1.29 is 17.7 Å². The Bertz CT molecular complexity index is 1420. The zero-order valence-corrected chi connectivity index (χ0v) is 20.9. The minimum absolute atomic E-state index is 0.281. The maximum Gasteiger partial charge on any atom is 0.261 e. The first kappa shape index (κ1) is 27.1. The average molecular weight is 518 g/mol. The number of hydrogen-bond donors (Lipinski definition) is 3. The summed E-state index contributed by atoms with van der Waals surface area (Å²) in [5, 5.41) is 11.5. The number of guanidine groups is 1. The second-order valence-corrected chi connectivity index (χ2v) is 9.18. The molecule has 0 amide bonds. The van der Waals surface area contributed by atoms with Crippen LogP contribution in [0.25, 0.3) is 0 Å². The molecule has 0 aliphatic heterocycles. The van der Waals surface area contributed by atoms with Gasteiger partial charge in [0.25, 0.3) is 10.1 Å². The Balaban J connectivity index is 0.000000695. The van der Waals surface area contributed by atoms with Gasteiger partial charge in [0.15, 0.2) is 5.96 Å². The highest BCUT2D eigenvalue weighted by Crippen LogP contribution is 2.22. The van der Waals surface area contributed by atoms with E-state index in [1.54, 1.807) is 0 Å². The molecule has 0 heterocycles. The first-order valence-electron chi connectivity index (χ1n) is 11.1. The lowest BCUT2D eigenvalue weighted by Gasteiger charge is -2.10. The third-order valence-corrected chi connectivity index (χ3v) is 4.49. The van der Waals surface area contributed by atoms with Gasteiger partial charge in [-0.15, -0.1) is 0 Å². The van der Waals surface area contributed by atoms with E-state index in [1.807, 2.05) is 109 Å². The van der Waals surface area contributed by atoms with Crippen molar-refractivity contribution in [3.63, 3.8) is 0 Å². The highest BCUT2D eigenvalue weighted by molar-refractivity contribution is 7.85. The Kier molecular flexibility index (Phi) is 9.89. The Morgan fingerprint density at radius 1 is 0.811 bits per heavy atom. The van der Waals surface area contributed by atoms with E-state index in [0.29, 0.717) is 18.6 Å². The van der Waals surface area contributed by atoms with Crippen molar-refractivity contribution in [2.45, 2.75) is 6.61 Å². The third-order valence-electron chi connectivity index (χ3n) is 4.49. The monoisotopic (exact) mass is 517 g/mol. The van der Waals surface area contributed by atoms with E-state index in [1.165, 1.54) is 0 Å². The Labute approximate surface area is 216 Å². The fraction of sp³-hybridized carbons (Fsp3) is 0.0741. The van der Waals surface area contributed by atoms with Crippen molar-refractivity contribution in [1.82, 2.24) is 0 Å². The van der Waals surface area contributed by atoms with Gasteiger partial charge in [0.2, 0.25) is 0 Å². The number of aliphatic imine (C=N–C) groups is 1. The molecule has 0 spiro atoms. The number of nitrogens with two attached hydrogens (primary N) is 1. The lowest BCUT2D eigenvalue weighted by molar-refractivity contribution is 0.306. The van der Waals surface area contributed by atoms with Crippen LogP contribution in [0, 0.1) is 0 Å². The van der Waals surface area contributed by atoms with E-state index >= 15 is 0 Å². The Morgan fingerprint density at radius 2 is 1.35 bits per heavy atom. The summed E-state index contributed by atoms with van der Waals surface area (Å²) in [6, 6.07) is 34.6. The molecule has 4 rings (SSSR count). The van der Waals surface area contributed by atoms with Crippen molar-refractivity contribution in [2.24, 2.45) is 21.0 Å². The summed E-state index contributed by atoms with van der Waals surface area (Å²) < 4.78 is 31.7. The second-order valence-electron chi connectivity index (χ2n) is 7.71. The summed E-state index contributed by atoms with van der Waals surface area (Å²) in [5.41, 5.74) is 10.2. The highest BCUT2D eigenvalue weighted by Gasteiger charge is 2.01. The van der Waals surface area contributed by atoms with E-state index in [0.717, 1.165) is 28.4 Å². The van der Waals surface area contributed by atoms with Crippen LogP contribution in [0.1, 0.15) is 5.56 Å². The summed E-state index contributed by atoms with van der Waals surface area (Å²) >= 11 is 0. The van der Waals surface area contributed by atoms with Gasteiger partial charge in [0.1, 0.15) is 12.4 Å². The van der Waals surface area contributed by atoms with Crippen LogP contribution in [0.3, 0.4) is 0 Å². The second kappa shape index (κ2) is 13.5. The predicted molar refractivity (Wildman–Crippen MR) is 147 cm³/mol. The van der Waals surface area contributed by atoms with Crippen LogP contribution in [-0.4, -0.2) is 25.2 Å². The normalized spacial score (nSPS) is 11.5. The van der Waals surface area contributed by atoms with Crippen molar-refractivity contribution in [2.75, 3.05) is 11.6 Å². The minimum Gasteiger partial charge on any atom is -0.489 e. The van der Waals surface area contributed by atoms with Gasteiger partial charge in [0.05, 0.1) is 23.3 Å². The summed E-state index contributed by atoms with van der Waals surface area (Å²) in [7, 11) is -3.67. The van der Waals surface area contributed by atoms with Crippen molar-refractivity contribution in [3.8, 4) is 5.75 Å². The number of nitrogens with one attached hydrogen (secondary N) is 1. The smallest absolute Gasteiger partial charge is 0.261 e. The first-order chi connectivity index (χ1) is 17.7. The van der Waals surface area contributed by atoms with Gasteiger partial charge in [-0.2, -0.15) is 18.6 Å². The van der Waals surface area contributed by atoms with Crippen LogP contribution in [0.5, 0.6) is 5.75 Å². The Morgan fingerprint density at radius 3 is 1.97 bits per heavy atom. The summed E-state index contributed by atoms with van der Waals surface area (Å²) in [6.45, 7) is 0.502. The van der Waals surface area contributed by atoms with E-state index < -0.39 is 10.1 Å². The molecule has 0 aliphatic carbocycles. The van der Waals surface area contributed by atoms with Gasteiger partial charge in [-0.1, -0.05) is 54.6 Å². The number of ether oxygens (including phenoxy) is 1. The van der Waals surface area contributed by atoms with Gasteiger partial charge >= 0.3 is 0 Å². The molecule has 0 bridgehead atoms. The van der Waals surface area contributed by atoms with Crippen molar-refractivity contribution >= 4 is 38.8 Å². The third kappa shape index (κ3) is 11.2. The molecule has 10 heteroatoms. The fourth-order valence-electron chi connectivity index (χ4n) is 2.92. The molecule has 0 aliphatic rings. The molecule has 0 saturated carbocycles. The van der Waals surface area contributed by atoms with Gasteiger partial charge in [0, 0.05) is 11.8 Å². The van der Waals surface area contributed by atoms with E-state index in [9.17, 15) is 8.42 Å². The molecule has 9 nitrogen and oxygen atoms in total. The minimum atomic E-state index is -3.67. The molecular formula is C27H27N5O4S. The number of nitrogens with zero attached hydrogens (tertiary/aromatic N) is 3. The Hall–Kier alpha value is -4.54. The zero-order valence-electron chi connectivity index (χ0n) is 20.1. The molecule has 4 N–H and O–H groups in total. The summed E-state index contributed by atoms with van der Waals surface area (Å²) in [5.74, 6) is 1.03. The van der Waals surface area contributed by atoms with E-state index in [-0.39, 0.29) is 5.96 Å². The maximum absolute atomic E-state index is 9.19. The topological polar surface area (TPSA) is 139 Å². The summed E-state index contributed by atoms with van der Waals surface area (Å²) in [6.07, 6.45) is 0.715. The predicted octanol–water partition coefficient (Wildman–Crippen LogP) is 6.24. The molecule has 0 unspecified atom stereocenters. The molecule has 37 heavy (non-hydrogen) atoms. The maximum atomic E-state index is 9.19. The van der Waals surface area contributed by atoms with Crippen LogP contribution in [0.15, 0.2) is 124 Å². The molecule has 4 aromatic carbocycles. The van der Waals surface area contributed by atoms with Gasteiger partial charge in [-0.25, -0.2) is 4.99 Å². The largest absolute Gasteiger partial charge is 0.489 e. The van der Waals surface area contributed by atoms with Crippen LogP contribution in [-0.2, 0) is 16.7 Å². The lowest BCUT2D eigenvalue weighted by Crippen LogP contribution is -2.21. The molecule has 190 valence electrons. The molecule has 0 fully saturated rings. The van der Waals surface area contributed by atoms with Gasteiger partial charge in [-0.3, -0.25) is 4.55 Å². The number of anilines is 1. The molecular weight excluding hydrogens is 490 g/mol. The standard InChI is InChI=1S/C26H23N5O.CH4O3S/c27-26(28-21-14-16-23(17-15-21)31-30-22-10-5-2-6-11-22)29-24-12-7-13-25(18-24)32-19-20-8-3-1-4-9-20;1-5(2,3)4/h1-18H,19H2,(H3,27,28,29);1H3,(H,2,3,4). The molecule has 0 atom stereocenters. The van der Waals surface area contributed by atoms with E-state index in [4.69, 9.17) is 15.0 Å². The van der Waals surface area contributed by atoms with Gasteiger partial charge < -0.3 is 15.8 Å². The molecule has 0 aromatic heterocycles.